The third-order valence-electron chi connectivity index (χ3n) is 2.52. The average molecular weight is 495 g/mol. The highest BCUT2D eigenvalue weighted by molar-refractivity contribution is 14.1. The first-order valence-electron chi connectivity index (χ1n) is 5.54. The summed E-state index contributed by atoms with van der Waals surface area (Å²) < 4.78 is 2.85. The molecule has 0 aliphatic carbocycles. The molecule has 0 aliphatic rings. The van der Waals surface area contributed by atoms with E-state index in [1.54, 1.807) is 0 Å². The van der Waals surface area contributed by atoms with Crippen molar-refractivity contribution in [2.45, 2.75) is 6.54 Å². The molecule has 0 atom stereocenters. The summed E-state index contributed by atoms with van der Waals surface area (Å²) in [5.41, 5.74) is 1.75. The maximum absolute atomic E-state index is 12.1. The van der Waals surface area contributed by atoms with Gasteiger partial charge >= 0.3 is 0 Å². The molecule has 2 rings (SSSR count). The van der Waals surface area contributed by atoms with Crippen molar-refractivity contribution >= 4 is 60.4 Å². The Hall–Kier alpha value is -0.400. The number of carbonyl (C=O) groups excluding carboxylic acids is 1. The van der Waals surface area contributed by atoms with Crippen LogP contribution in [0, 0.1) is 3.57 Å². The minimum Gasteiger partial charge on any atom is -0.348 e. The molecule has 0 unspecified atom stereocenters. The Morgan fingerprint density at radius 3 is 2.58 bits per heavy atom. The van der Waals surface area contributed by atoms with Crippen molar-refractivity contribution in [3.63, 3.8) is 0 Å². The van der Waals surface area contributed by atoms with Crippen molar-refractivity contribution in [3.05, 3.63) is 66.1 Å². The lowest BCUT2D eigenvalue weighted by Gasteiger charge is -2.08. The van der Waals surface area contributed by atoms with Gasteiger partial charge in [0, 0.05) is 19.1 Å². The largest absolute Gasteiger partial charge is 0.348 e. The molecule has 2 aromatic rings. The summed E-state index contributed by atoms with van der Waals surface area (Å²) >= 11 is 8.96. The predicted molar refractivity (Wildman–Crippen MR) is 92.2 cm³/mol. The van der Waals surface area contributed by atoms with Gasteiger partial charge in [0.1, 0.15) is 0 Å². The van der Waals surface area contributed by atoms with Crippen molar-refractivity contribution < 1.29 is 4.79 Å². The number of rotatable bonds is 3. The zero-order valence-corrected chi connectivity index (χ0v) is 15.1. The fraction of sp³-hybridized carbons (Fsp3) is 0.0714. The van der Waals surface area contributed by atoms with Gasteiger partial charge in [-0.1, -0.05) is 44.0 Å². The van der Waals surface area contributed by atoms with Gasteiger partial charge in [0.2, 0.25) is 0 Å². The lowest BCUT2D eigenvalue weighted by atomic mass is 10.2. The molecule has 0 aromatic heterocycles. The number of hydrogen-bond donors (Lipinski definition) is 1. The maximum atomic E-state index is 12.1. The second-order valence-corrected chi connectivity index (χ2v) is 6.93. The third-order valence-corrected chi connectivity index (χ3v) is 4.44. The van der Waals surface area contributed by atoms with Crippen LogP contribution in [0.2, 0.25) is 0 Å². The van der Waals surface area contributed by atoms with Gasteiger partial charge in [-0.25, -0.2) is 0 Å². The summed E-state index contributed by atoms with van der Waals surface area (Å²) in [4.78, 5) is 12.1. The standard InChI is InChI=1S/C14H10Br2INO/c15-10-3-1-2-9(6-10)8-18-14(19)12-7-11(16)4-5-13(12)17/h1-7H,8H2,(H,18,19). The molecule has 19 heavy (non-hydrogen) atoms. The second-order valence-electron chi connectivity index (χ2n) is 3.94. The first kappa shape index (κ1) is 15.0. The second kappa shape index (κ2) is 6.85. The van der Waals surface area contributed by atoms with Gasteiger partial charge in [0.05, 0.1) is 5.56 Å². The molecule has 0 fully saturated rings. The fourth-order valence-electron chi connectivity index (χ4n) is 1.60. The molecule has 2 nitrogen and oxygen atoms in total. The van der Waals surface area contributed by atoms with Crippen LogP contribution in [0.25, 0.3) is 0 Å². The van der Waals surface area contributed by atoms with E-state index in [-0.39, 0.29) is 5.91 Å². The molecule has 0 radical (unpaired) electrons. The van der Waals surface area contributed by atoms with Gasteiger partial charge in [-0.2, -0.15) is 0 Å². The Morgan fingerprint density at radius 1 is 1.11 bits per heavy atom. The molecule has 98 valence electrons. The summed E-state index contributed by atoms with van der Waals surface area (Å²) in [6.07, 6.45) is 0. The van der Waals surface area contributed by atoms with Crippen molar-refractivity contribution in [2.24, 2.45) is 0 Å². The maximum Gasteiger partial charge on any atom is 0.252 e. The summed E-state index contributed by atoms with van der Waals surface area (Å²) in [7, 11) is 0. The Balaban J connectivity index is 2.07. The fourth-order valence-corrected chi connectivity index (χ4v) is 2.98. The zero-order valence-electron chi connectivity index (χ0n) is 9.79. The van der Waals surface area contributed by atoms with Crippen LogP contribution in [-0.4, -0.2) is 5.91 Å². The number of carbonyl (C=O) groups is 1. The van der Waals surface area contributed by atoms with Gasteiger partial charge in [0.25, 0.3) is 5.91 Å². The highest BCUT2D eigenvalue weighted by atomic mass is 127. The first-order valence-corrected chi connectivity index (χ1v) is 8.20. The SMILES string of the molecule is O=C(NCc1cccc(Br)c1)c1cc(Br)ccc1I. The molecule has 0 aliphatic heterocycles. The third kappa shape index (κ3) is 4.29. The van der Waals surface area contributed by atoms with Crippen LogP contribution in [0.1, 0.15) is 15.9 Å². The quantitative estimate of drug-likeness (QED) is 0.613. The molecule has 0 saturated carbocycles. The monoisotopic (exact) mass is 493 g/mol. The highest BCUT2D eigenvalue weighted by Crippen LogP contribution is 2.18. The van der Waals surface area contributed by atoms with Crippen LogP contribution in [0.4, 0.5) is 0 Å². The van der Waals surface area contributed by atoms with Crippen LogP contribution in [0.15, 0.2) is 51.4 Å². The molecule has 0 saturated heterocycles. The van der Waals surface area contributed by atoms with Crippen molar-refractivity contribution in [1.29, 1.82) is 0 Å². The van der Waals surface area contributed by atoms with E-state index in [1.807, 2.05) is 42.5 Å². The minimum atomic E-state index is -0.0642. The van der Waals surface area contributed by atoms with Gasteiger partial charge in [-0.3, -0.25) is 4.79 Å². The molecular formula is C14H10Br2INO. The van der Waals surface area contributed by atoms with Crippen LogP contribution >= 0.6 is 54.5 Å². The molecule has 1 N–H and O–H groups in total. The van der Waals surface area contributed by atoms with Gasteiger partial charge in [-0.15, -0.1) is 0 Å². The summed E-state index contributed by atoms with van der Waals surface area (Å²) in [6, 6.07) is 13.6. The van der Waals surface area contributed by atoms with E-state index in [2.05, 4.69) is 59.8 Å². The number of amides is 1. The zero-order chi connectivity index (χ0) is 13.8. The van der Waals surface area contributed by atoms with Crippen LogP contribution in [0.3, 0.4) is 0 Å². The van der Waals surface area contributed by atoms with Crippen molar-refractivity contribution in [2.75, 3.05) is 0 Å². The average Bonchev–Trinajstić information content (AvgIpc) is 2.39. The van der Waals surface area contributed by atoms with Crippen molar-refractivity contribution in [1.82, 2.24) is 5.32 Å². The Labute approximate surface area is 142 Å². The molecular weight excluding hydrogens is 485 g/mol. The normalized spacial score (nSPS) is 10.3. The molecule has 1 amide bonds. The topological polar surface area (TPSA) is 29.1 Å². The summed E-state index contributed by atoms with van der Waals surface area (Å²) in [5.74, 6) is -0.0642. The number of nitrogens with one attached hydrogen (secondary N) is 1. The molecule has 2 aromatic carbocycles. The predicted octanol–water partition coefficient (Wildman–Crippen LogP) is 4.75. The number of hydrogen-bond acceptors (Lipinski definition) is 1. The molecule has 0 heterocycles. The van der Waals surface area contributed by atoms with Crippen LogP contribution in [0.5, 0.6) is 0 Å². The Kier molecular flexibility index (Phi) is 5.41. The molecule has 0 spiro atoms. The Morgan fingerprint density at radius 2 is 1.84 bits per heavy atom. The van der Waals surface area contributed by atoms with E-state index in [1.165, 1.54) is 0 Å². The van der Waals surface area contributed by atoms with Crippen LogP contribution in [-0.2, 0) is 6.54 Å². The van der Waals surface area contributed by atoms with E-state index >= 15 is 0 Å². The highest BCUT2D eigenvalue weighted by Gasteiger charge is 2.10. The van der Waals surface area contributed by atoms with Gasteiger partial charge in [-0.05, 0) is 58.5 Å². The first-order chi connectivity index (χ1) is 9.06. The van der Waals surface area contributed by atoms with Gasteiger partial charge < -0.3 is 5.32 Å². The van der Waals surface area contributed by atoms with E-state index in [9.17, 15) is 4.79 Å². The lowest BCUT2D eigenvalue weighted by Crippen LogP contribution is -2.23. The molecule has 0 bridgehead atoms. The van der Waals surface area contributed by atoms with E-state index in [0.29, 0.717) is 12.1 Å². The number of halogens is 3. The minimum absolute atomic E-state index is 0.0642. The summed E-state index contributed by atoms with van der Waals surface area (Å²) in [6.45, 7) is 0.515. The summed E-state index contributed by atoms with van der Waals surface area (Å²) in [5, 5.41) is 2.93. The molecule has 5 heteroatoms. The van der Waals surface area contributed by atoms with Gasteiger partial charge in [0.15, 0.2) is 0 Å². The lowest BCUT2D eigenvalue weighted by molar-refractivity contribution is 0.0950. The van der Waals surface area contributed by atoms with Crippen molar-refractivity contribution in [3.8, 4) is 0 Å². The Bertz CT molecular complexity index is 616. The van der Waals surface area contributed by atoms with E-state index < -0.39 is 0 Å². The smallest absolute Gasteiger partial charge is 0.252 e. The number of benzene rings is 2. The van der Waals surface area contributed by atoms with E-state index in [0.717, 1.165) is 18.1 Å². The van der Waals surface area contributed by atoms with Crippen LogP contribution < -0.4 is 5.32 Å². The van der Waals surface area contributed by atoms with E-state index in [4.69, 9.17) is 0 Å².